The zero-order valence-corrected chi connectivity index (χ0v) is 12.0. The minimum absolute atomic E-state index is 0.0834. The summed E-state index contributed by atoms with van der Waals surface area (Å²) in [6.45, 7) is 5.57. The van der Waals surface area contributed by atoms with E-state index in [-0.39, 0.29) is 24.4 Å². The molecule has 5 heteroatoms. The van der Waals surface area contributed by atoms with Crippen LogP contribution < -0.4 is 11.1 Å². The Kier molecular flexibility index (Phi) is 6.91. The molecule has 1 heterocycles. The number of aliphatic hydroxyl groups excluding tert-OH is 1. The Labute approximate surface area is 120 Å². The van der Waals surface area contributed by atoms with Crippen molar-refractivity contribution < 1.29 is 15.0 Å². The topological polar surface area (TPSA) is 95.6 Å². The first kappa shape index (κ1) is 16.9. The number of aliphatic hydroxyl groups is 1. The molecule has 0 aromatic carbocycles. The second-order valence-corrected chi connectivity index (χ2v) is 5.42. The molecule has 5 atom stereocenters. The third-order valence-corrected chi connectivity index (χ3v) is 3.83. The maximum Gasteiger partial charge on any atom is 0.304 e. The van der Waals surface area contributed by atoms with Crippen LogP contribution in [0.2, 0.25) is 0 Å². The summed E-state index contributed by atoms with van der Waals surface area (Å²) in [6.07, 6.45) is 7.26. The molecule has 20 heavy (non-hydrogen) atoms. The smallest absolute Gasteiger partial charge is 0.304 e. The summed E-state index contributed by atoms with van der Waals surface area (Å²) < 4.78 is 0. The molecule has 5 unspecified atom stereocenters. The Balaban J connectivity index is 2.68. The van der Waals surface area contributed by atoms with Crippen molar-refractivity contribution >= 4 is 5.97 Å². The number of aliphatic carboxylic acids is 1. The van der Waals surface area contributed by atoms with E-state index in [1.54, 1.807) is 6.08 Å². The Morgan fingerprint density at radius 2 is 2.30 bits per heavy atom. The molecule has 5 nitrogen and oxygen atoms in total. The van der Waals surface area contributed by atoms with Gasteiger partial charge in [0, 0.05) is 18.1 Å². The van der Waals surface area contributed by atoms with Crippen LogP contribution in [0.25, 0.3) is 0 Å². The van der Waals surface area contributed by atoms with Gasteiger partial charge in [0.1, 0.15) is 0 Å². The predicted octanol–water partition coefficient (Wildman–Crippen LogP) is 1.04. The highest BCUT2D eigenvalue weighted by Gasteiger charge is 2.38. The highest BCUT2D eigenvalue weighted by Crippen LogP contribution is 2.27. The molecule has 1 rings (SSSR count). The van der Waals surface area contributed by atoms with Crippen molar-refractivity contribution in [2.45, 2.75) is 56.8 Å². The Morgan fingerprint density at radius 1 is 1.60 bits per heavy atom. The van der Waals surface area contributed by atoms with Crippen LogP contribution in [0.4, 0.5) is 0 Å². The van der Waals surface area contributed by atoms with E-state index in [9.17, 15) is 9.90 Å². The van der Waals surface area contributed by atoms with Gasteiger partial charge in [0.05, 0.1) is 12.5 Å². The summed E-state index contributed by atoms with van der Waals surface area (Å²) in [4.78, 5) is 10.8. The van der Waals surface area contributed by atoms with Crippen molar-refractivity contribution in [3.05, 3.63) is 24.8 Å². The van der Waals surface area contributed by atoms with Gasteiger partial charge in [0.15, 0.2) is 0 Å². The van der Waals surface area contributed by atoms with E-state index in [0.717, 1.165) is 6.42 Å². The van der Waals surface area contributed by atoms with Crippen LogP contribution in [0.5, 0.6) is 0 Å². The van der Waals surface area contributed by atoms with Crippen LogP contribution in [-0.4, -0.2) is 40.4 Å². The van der Waals surface area contributed by atoms with Crippen molar-refractivity contribution in [3.63, 3.8) is 0 Å². The number of nitrogens with one attached hydrogen (secondary N) is 1. The van der Waals surface area contributed by atoms with Crippen molar-refractivity contribution in [3.8, 4) is 0 Å². The van der Waals surface area contributed by atoms with Crippen LogP contribution in [0.3, 0.4) is 0 Å². The first-order valence-corrected chi connectivity index (χ1v) is 7.14. The third kappa shape index (κ3) is 4.74. The summed E-state index contributed by atoms with van der Waals surface area (Å²) in [5, 5.41) is 22.3. The standard InChI is InChI=1S/C15H26N2O3/c1-3-5-7-12(18)14(16)15-10(6-4-2)8-11(17-15)9-13(19)20/h3-4,6,10-12,14-15,17-18H,1,5,7-9,16H2,2H3,(H,19,20)/b6-4-. The van der Waals surface area contributed by atoms with Gasteiger partial charge in [-0.15, -0.1) is 6.58 Å². The lowest BCUT2D eigenvalue weighted by molar-refractivity contribution is -0.137. The molecular weight excluding hydrogens is 256 g/mol. The average molecular weight is 282 g/mol. The van der Waals surface area contributed by atoms with Crippen LogP contribution in [0, 0.1) is 5.92 Å². The maximum atomic E-state index is 10.8. The van der Waals surface area contributed by atoms with E-state index in [4.69, 9.17) is 10.8 Å². The van der Waals surface area contributed by atoms with Crippen LogP contribution in [0.1, 0.15) is 32.6 Å². The third-order valence-electron chi connectivity index (χ3n) is 3.83. The fraction of sp³-hybridized carbons (Fsp3) is 0.667. The molecule has 1 fully saturated rings. The fourth-order valence-corrected chi connectivity index (χ4v) is 2.85. The molecule has 1 saturated heterocycles. The number of carboxylic acid groups (broad SMARTS) is 1. The van der Waals surface area contributed by atoms with Gasteiger partial charge in [0.25, 0.3) is 0 Å². The molecule has 0 radical (unpaired) electrons. The van der Waals surface area contributed by atoms with E-state index < -0.39 is 18.1 Å². The first-order valence-electron chi connectivity index (χ1n) is 7.14. The molecule has 1 aliphatic rings. The lowest BCUT2D eigenvalue weighted by atomic mass is 9.89. The zero-order valence-electron chi connectivity index (χ0n) is 12.0. The highest BCUT2D eigenvalue weighted by molar-refractivity contribution is 5.67. The molecule has 0 amide bonds. The van der Waals surface area contributed by atoms with Gasteiger partial charge in [0.2, 0.25) is 0 Å². The van der Waals surface area contributed by atoms with Crippen LogP contribution in [0.15, 0.2) is 24.8 Å². The van der Waals surface area contributed by atoms with Gasteiger partial charge in [-0.2, -0.15) is 0 Å². The Morgan fingerprint density at radius 3 is 2.85 bits per heavy atom. The number of carboxylic acids is 1. The van der Waals surface area contributed by atoms with Crippen molar-refractivity contribution in [1.29, 1.82) is 0 Å². The van der Waals surface area contributed by atoms with Crippen molar-refractivity contribution in [1.82, 2.24) is 5.32 Å². The van der Waals surface area contributed by atoms with E-state index >= 15 is 0 Å². The monoisotopic (exact) mass is 282 g/mol. The largest absolute Gasteiger partial charge is 0.481 e. The maximum absolute atomic E-state index is 10.8. The number of hydrogen-bond donors (Lipinski definition) is 4. The van der Waals surface area contributed by atoms with Crippen molar-refractivity contribution in [2.24, 2.45) is 11.7 Å². The van der Waals surface area contributed by atoms with Crippen LogP contribution in [-0.2, 0) is 4.79 Å². The summed E-state index contributed by atoms with van der Waals surface area (Å²) in [7, 11) is 0. The zero-order chi connectivity index (χ0) is 15.1. The SMILES string of the molecule is C=CCCC(O)C(N)C1NC(CC(=O)O)CC1/C=C\C. The Bertz CT molecular complexity index is 357. The van der Waals surface area contributed by atoms with Gasteiger partial charge >= 0.3 is 5.97 Å². The normalized spacial score (nSPS) is 29.4. The fourth-order valence-electron chi connectivity index (χ4n) is 2.85. The number of rotatable bonds is 8. The quantitative estimate of drug-likeness (QED) is 0.499. The Hall–Kier alpha value is -1.17. The predicted molar refractivity (Wildman–Crippen MR) is 79.3 cm³/mol. The van der Waals surface area contributed by atoms with E-state index in [1.165, 1.54) is 0 Å². The highest BCUT2D eigenvalue weighted by atomic mass is 16.4. The van der Waals surface area contributed by atoms with Gasteiger partial charge < -0.3 is 21.3 Å². The van der Waals surface area contributed by atoms with Gasteiger partial charge in [-0.1, -0.05) is 18.2 Å². The van der Waals surface area contributed by atoms with Gasteiger partial charge in [-0.25, -0.2) is 0 Å². The lowest BCUT2D eigenvalue weighted by Crippen LogP contribution is -2.52. The van der Waals surface area contributed by atoms with Crippen molar-refractivity contribution in [2.75, 3.05) is 0 Å². The molecule has 1 aliphatic heterocycles. The lowest BCUT2D eigenvalue weighted by Gasteiger charge is -2.28. The van der Waals surface area contributed by atoms with Crippen LogP contribution >= 0.6 is 0 Å². The number of allylic oxidation sites excluding steroid dienone is 2. The molecule has 0 spiro atoms. The summed E-state index contributed by atoms with van der Waals surface area (Å²) in [5.41, 5.74) is 6.15. The molecule has 0 saturated carbocycles. The van der Waals surface area contributed by atoms with Gasteiger partial charge in [-0.05, 0) is 32.1 Å². The van der Waals surface area contributed by atoms with Gasteiger partial charge in [-0.3, -0.25) is 4.79 Å². The minimum atomic E-state index is -0.817. The summed E-state index contributed by atoms with van der Waals surface area (Å²) in [6, 6.07) is -0.582. The second-order valence-electron chi connectivity index (χ2n) is 5.42. The molecule has 5 N–H and O–H groups in total. The first-order chi connectivity index (χ1) is 9.49. The summed E-state index contributed by atoms with van der Waals surface area (Å²) >= 11 is 0. The van der Waals surface area contributed by atoms with E-state index in [1.807, 2.05) is 19.1 Å². The number of nitrogens with two attached hydrogens (primary N) is 1. The molecule has 114 valence electrons. The molecule has 0 aromatic rings. The minimum Gasteiger partial charge on any atom is -0.481 e. The van der Waals surface area contributed by atoms with E-state index in [0.29, 0.717) is 12.8 Å². The average Bonchev–Trinajstić information content (AvgIpc) is 2.77. The number of hydrogen-bond acceptors (Lipinski definition) is 4. The molecule has 0 bridgehead atoms. The molecule has 0 aromatic heterocycles. The number of carbonyl (C=O) groups is 1. The molecular formula is C15H26N2O3. The summed E-state index contributed by atoms with van der Waals surface area (Å²) in [5.74, 6) is -0.652. The second kappa shape index (κ2) is 8.19. The molecule has 0 aliphatic carbocycles. The van der Waals surface area contributed by atoms with E-state index in [2.05, 4.69) is 11.9 Å².